The van der Waals surface area contributed by atoms with E-state index in [0.717, 1.165) is 12.1 Å². The van der Waals surface area contributed by atoms with Gasteiger partial charge in [0.1, 0.15) is 5.75 Å². The van der Waals surface area contributed by atoms with Crippen LogP contribution in [0.5, 0.6) is 5.75 Å². The number of halogens is 3. The van der Waals surface area contributed by atoms with E-state index in [2.05, 4.69) is 10.0 Å². The highest BCUT2D eigenvalue weighted by Gasteiger charge is 2.33. The number of aryl methyl sites for hydroxylation is 1. The van der Waals surface area contributed by atoms with Crippen molar-refractivity contribution in [2.75, 3.05) is 11.9 Å². The van der Waals surface area contributed by atoms with Crippen molar-refractivity contribution in [3.8, 4) is 5.75 Å². The third-order valence-corrected chi connectivity index (χ3v) is 5.37. The molecule has 0 saturated heterocycles. The lowest BCUT2D eigenvalue weighted by Crippen LogP contribution is -2.30. The Kier molecular flexibility index (Phi) is 6.91. The molecule has 158 valence electrons. The Hall–Kier alpha value is -2.59. The van der Waals surface area contributed by atoms with Gasteiger partial charge in [-0.2, -0.15) is 13.2 Å². The highest BCUT2D eigenvalue weighted by Crippen LogP contribution is 2.34. The van der Waals surface area contributed by atoms with Gasteiger partial charge in [-0.05, 0) is 56.7 Å². The van der Waals surface area contributed by atoms with Gasteiger partial charge in [0, 0.05) is 6.04 Å². The molecule has 0 unspecified atom stereocenters. The first kappa shape index (κ1) is 22.7. The molecule has 0 fully saturated rings. The SMILES string of the molecule is Cc1cc(S(=O)(=O)NC(C)C)ccc1OCC(=O)Nc1ccccc1C(F)(F)F. The first-order chi connectivity index (χ1) is 13.4. The van der Waals surface area contributed by atoms with Gasteiger partial charge in [0.25, 0.3) is 5.91 Å². The summed E-state index contributed by atoms with van der Waals surface area (Å²) in [6.07, 6.45) is -4.60. The van der Waals surface area contributed by atoms with Crippen molar-refractivity contribution in [1.82, 2.24) is 4.72 Å². The lowest BCUT2D eigenvalue weighted by molar-refractivity contribution is -0.137. The molecule has 0 saturated carbocycles. The van der Waals surface area contributed by atoms with Crippen molar-refractivity contribution in [2.24, 2.45) is 0 Å². The standard InChI is InChI=1S/C19H21F3N2O4S/c1-12(2)24-29(26,27)14-8-9-17(13(3)10-14)28-11-18(25)23-16-7-5-4-6-15(16)19(20,21)22/h4-10,12,24H,11H2,1-3H3,(H,23,25). The monoisotopic (exact) mass is 430 g/mol. The number of amides is 1. The number of nitrogens with one attached hydrogen (secondary N) is 2. The molecule has 0 heterocycles. The van der Waals surface area contributed by atoms with E-state index < -0.39 is 34.3 Å². The summed E-state index contributed by atoms with van der Waals surface area (Å²) in [5.74, 6) is -0.535. The van der Waals surface area contributed by atoms with E-state index in [1.165, 1.54) is 30.3 Å². The zero-order chi connectivity index (χ0) is 21.8. The van der Waals surface area contributed by atoms with Crippen molar-refractivity contribution >= 4 is 21.6 Å². The number of rotatable bonds is 7. The van der Waals surface area contributed by atoms with E-state index in [1.807, 2.05) is 0 Å². The Bertz CT molecular complexity index is 989. The number of carbonyl (C=O) groups excluding carboxylic acids is 1. The molecule has 0 spiro atoms. The average molecular weight is 430 g/mol. The zero-order valence-corrected chi connectivity index (χ0v) is 16.8. The molecule has 0 bridgehead atoms. The predicted molar refractivity (Wildman–Crippen MR) is 102 cm³/mol. The molecule has 2 aromatic carbocycles. The van der Waals surface area contributed by atoms with Gasteiger partial charge in [0.2, 0.25) is 10.0 Å². The maximum atomic E-state index is 13.0. The molecule has 2 rings (SSSR count). The normalized spacial score (nSPS) is 12.1. The van der Waals surface area contributed by atoms with Gasteiger partial charge in [-0.1, -0.05) is 12.1 Å². The minimum Gasteiger partial charge on any atom is -0.483 e. The first-order valence-electron chi connectivity index (χ1n) is 8.62. The van der Waals surface area contributed by atoms with E-state index >= 15 is 0 Å². The smallest absolute Gasteiger partial charge is 0.418 e. The van der Waals surface area contributed by atoms with E-state index in [9.17, 15) is 26.4 Å². The van der Waals surface area contributed by atoms with Crippen molar-refractivity contribution in [3.05, 3.63) is 53.6 Å². The molecule has 29 heavy (non-hydrogen) atoms. The van der Waals surface area contributed by atoms with Gasteiger partial charge in [-0.25, -0.2) is 13.1 Å². The fourth-order valence-electron chi connectivity index (χ4n) is 2.50. The van der Waals surface area contributed by atoms with Crippen LogP contribution in [0.4, 0.5) is 18.9 Å². The third kappa shape index (κ3) is 6.20. The number of benzene rings is 2. The molecule has 0 aliphatic heterocycles. The second-order valence-electron chi connectivity index (χ2n) is 6.58. The molecule has 2 aromatic rings. The Morgan fingerprint density at radius 1 is 1.14 bits per heavy atom. The topological polar surface area (TPSA) is 84.5 Å². The Morgan fingerprint density at radius 3 is 2.38 bits per heavy atom. The van der Waals surface area contributed by atoms with Crippen LogP contribution >= 0.6 is 0 Å². The summed E-state index contributed by atoms with van der Waals surface area (Å²) >= 11 is 0. The highest BCUT2D eigenvalue weighted by molar-refractivity contribution is 7.89. The van der Waals surface area contributed by atoms with Crippen LogP contribution in [0.15, 0.2) is 47.4 Å². The van der Waals surface area contributed by atoms with Gasteiger partial charge in [0.05, 0.1) is 16.1 Å². The maximum Gasteiger partial charge on any atom is 0.418 e. The van der Waals surface area contributed by atoms with Crippen LogP contribution in [-0.4, -0.2) is 27.0 Å². The third-order valence-electron chi connectivity index (χ3n) is 3.71. The van der Waals surface area contributed by atoms with E-state index in [1.54, 1.807) is 20.8 Å². The molecule has 0 aliphatic carbocycles. The summed E-state index contributed by atoms with van der Waals surface area (Å²) < 4.78 is 71.1. The quantitative estimate of drug-likeness (QED) is 0.701. The summed E-state index contributed by atoms with van der Waals surface area (Å²) in [7, 11) is -3.68. The molecule has 2 N–H and O–H groups in total. The van der Waals surface area contributed by atoms with Crippen LogP contribution < -0.4 is 14.8 Å². The molecular weight excluding hydrogens is 409 g/mol. The lowest BCUT2D eigenvalue weighted by Gasteiger charge is -2.15. The fraction of sp³-hybridized carbons (Fsp3) is 0.316. The van der Waals surface area contributed by atoms with Crippen LogP contribution in [0, 0.1) is 6.92 Å². The lowest BCUT2D eigenvalue weighted by atomic mass is 10.1. The number of sulfonamides is 1. The van der Waals surface area contributed by atoms with Crippen LogP contribution in [0.25, 0.3) is 0 Å². The number of alkyl halides is 3. The molecule has 0 atom stereocenters. The summed E-state index contributed by atoms with van der Waals surface area (Å²) in [5, 5.41) is 2.17. The van der Waals surface area contributed by atoms with Gasteiger partial charge in [-0.15, -0.1) is 0 Å². The van der Waals surface area contributed by atoms with Crippen LogP contribution in [0.2, 0.25) is 0 Å². The number of ether oxygens (including phenoxy) is 1. The van der Waals surface area contributed by atoms with Gasteiger partial charge in [0.15, 0.2) is 6.61 Å². The van der Waals surface area contributed by atoms with Crippen molar-refractivity contribution in [2.45, 2.75) is 37.9 Å². The minimum absolute atomic E-state index is 0.0413. The van der Waals surface area contributed by atoms with E-state index in [4.69, 9.17) is 4.74 Å². The Labute approximate surface area is 167 Å². The number of hydrogen-bond donors (Lipinski definition) is 2. The molecule has 0 aromatic heterocycles. The molecule has 1 amide bonds. The largest absolute Gasteiger partial charge is 0.483 e. The zero-order valence-electron chi connectivity index (χ0n) is 16.0. The summed E-state index contributed by atoms with van der Waals surface area (Å²) in [6.45, 7) is 4.44. The molecule has 0 aliphatic rings. The summed E-state index contributed by atoms with van der Waals surface area (Å²) in [5.41, 5.74) is -0.872. The summed E-state index contributed by atoms with van der Waals surface area (Å²) in [4.78, 5) is 12.1. The first-order valence-corrected chi connectivity index (χ1v) is 10.1. The molecule has 6 nitrogen and oxygen atoms in total. The van der Waals surface area contributed by atoms with Crippen LogP contribution in [-0.2, 0) is 21.0 Å². The van der Waals surface area contributed by atoms with E-state index in [-0.39, 0.29) is 22.4 Å². The van der Waals surface area contributed by atoms with Crippen molar-refractivity contribution in [3.63, 3.8) is 0 Å². The number of hydrogen-bond acceptors (Lipinski definition) is 4. The predicted octanol–water partition coefficient (Wildman–Crippen LogP) is 3.72. The number of anilines is 1. The van der Waals surface area contributed by atoms with Crippen molar-refractivity contribution in [1.29, 1.82) is 0 Å². The molecular formula is C19H21F3N2O4S. The second-order valence-corrected chi connectivity index (χ2v) is 8.30. The number of carbonyl (C=O) groups is 1. The van der Waals surface area contributed by atoms with Crippen LogP contribution in [0.3, 0.4) is 0 Å². The highest BCUT2D eigenvalue weighted by atomic mass is 32.2. The van der Waals surface area contributed by atoms with Gasteiger partial charge < -0.3 is 10.1 Å². The fourth-order valence-corrected chi connectivity index (χ4v) is 3.83. The van der Waals surface area contributed by atoms with Gasteiger partial charge in [-0.3, -0.25) is 4.79 Å². The molecule has 0 radical (unpaired) electrons. The van der Waals surface area contributed by atoms with Gasteiger partial charge >= 0.3 is 6.18 Å². The molecule has 10 heteroatoms. The maximum absolute atomic E-state index is 13.0. The van der Waals surface area contributed by atoms with E-state index in [0.29, 0.717) is 5.56 Å². The van der Waals surface area contributed by atoms with Crippen molar-refractivity contribution < 1.29 is 31.1 Å². The average Bonchev–Trinajstić information content (AvgIpc) is 2.59. The van der Waals surface area contributed by atoms with Crippen LogP contribution in [0.1, 0.15) is 25.0 Å². The Balaban J connectivity index is 2.07. The number of para-hydroxylation sites is 1. The second kappa shape index (κ2) is 8.83. The Morgan fingerprint density at radius 2 is 1.79 bits per heavy atom. The minimum atomic E-state index is -4.60. The summed E-state index contributed by atoms with van der Waals surface area (Å²) in [6, 6.07) is 8.43.